The third kappa shape index (κ3) is 7.53. The van der Waals surface area contributed by atoms with Gasteiger partial charge in [-0.15, -0.1) is 0 Å². The Bertz CT molecular complexity index is 640. The number of carbonyl (C=O) groups is 1. The molecule has 0 fully saturated rings. The molecule has 4 nitrogen and oxygen atoms in total. The lowest BCUT2D eigenvalue weighted by atomic mass is 10.1. The van der Waals surface area contributed by atoms with Crippen molar-refractivity contribution in [3.8, 4) is 11.5 Å². The highest BCUT2D eigenvalue weighted by Crippen LogP contribution is 2.43. The van der Waals surface area contributed by atoms with Crippen LogP contribution >= 0.6 is 0 Å². The number of rotatable bonds is 10. The van der Waals surface area contributed by atoms with E-state index < -0.39 is 11.7 Å². The lowest BCUT2D eigenvalue weighted by Crippen LogP contribution is -2.18. The first-order valence-corrected chi connectivity index (χ1v) is 9.10. The molecule has 0 spiro atoms. The highest BCUT2D eigenvalue weighted by atomic mass is 19.4. The molecule has 0 saturated heterocycles. The molecule has 0 aliphatic carbocycles. The number of likely N-dealkylation sites (N-methyl/N-ethyl adjacent to an activating group) is 1. The molecule has 0 saturated carbocycles. The lowest BCUT2D eigenvalue weighted by molar-refractivity contribution is -0.139. The first-order valence-electron chi connectivity index (χ1n) is 9.10. The normalized spacial score (nSPS) is 11.7. The number of hydrogen-bond donors (Lipinski definition) is 0. The van der Waals surface area contributed by atoms with Gasteiger partial charge in [0.15, 0.2) is 11.5 Å². The topological polar surface area (TPSA) is 38.8 Å². The molecule has 0 unspecified atom stereocenters. The Morgan fingerprint density at radius 1 is 1.07 bits per heavy atom. The molecular formula is C20H28F3NO3. The van der Waals surface area contributed by atoms with Crippen LogP contribution in [0.5, 0.6) is 11.5 Å². The average Bonchev–Trinajstić information content (AvgIpc) is 2.60. The highest BCUT2D eigenvalue weighted by Gasteiger charge is 2.36. The molecule has 1 aromatic rings. The molecule has 1 aromatic carbocycles. The minimum Gasteiger partial charge on any atom is -0.490 e. The maximum absolute atomic E-state index is 13.6. The van der Waals surface area contributed by atoms with Gasteiger partial charge in [-0.25, -0.2) is 0 Å². The fourth-order valence-electron chi connectivity index (χ4n) is 2.15. The molecule has 0 aliphatic rings. The van der Waals surface area contributed by atoms with Gasteiger partial charge in [-0.2, -0.15) is 13.2 Å². The van der Waals surface area contributed by atoms with Crippen molar-refractivity contribution in [2.24, 2.45) is 0 Å². The third-order valence-corrected chi connectivity index (χ3v) is 3.74. The SMILES string of the molecule is CCCCOc1cc(/C=C/C(=O)N(C)C)cc(C(F)(F)F)c1OCCCC. The van der Waals surface area contributed by atoms with Crippen molar-refractivity contribution in [2.45, 2.75) is 45.7 Å². The Hall–Kier alpha value is -2.18. The van der Waals surface area contributed by atoms with Gasteiger partial charge >= 0.3 is 6.18 Å². The van der Waals surface area contributed by atoms with Crippen LogP contribution in [0.1, 0.15) is 50.7 Å². The van der Waals surface area contributed by atoms with E-state index in [1.807, 2.05) is 13.8 Å². The Balaban J connectivity index is 3.33. The molecule has 0 bridgehead atoms. The van der Waals surface area contributed by atoms with Crippen molar-refractivity contribution < 1.29 is 27.4 Å². The van der Waals surface area contributed by atoms with Crippen molar-refractivity contribution >= 4 is 12.0 Å². The van der Waals surface area contributed by atoms with Gasteiger partial charge in [-0.3, -0.25) is 4.79 Å². The molecule has 0 aromatic heterocycles. The van der Waals surface area contributed by atoms with Crippen LogP contribution in [-0.4, -0.2) is 38.1 Å². The van der Waals surface area contributed by atoms with Crippen LogP contribution in [-0.2, 0) is 11.0 Å². The Kier molecular flexibility index (Phi) is 9.18. The molecule has 0 heterocycles. The zero-order valence-electron chi connectivity index (χ0n) is 16.4. The van der Waals surface area contributed by atoms with Crippen molar-refractivity contribution in [3.63, 3.8) is 0 Å². The van der Waals surface area contributed by atoms with Crippen LogP contribution in [0, 0.1) is 0 Å². The Morgan fingerprint density at radius 3 is 2.19 bits per heavy atom. The summed E-state index contributed by atoms with van der Waals surface area (Å²) in [5.74, 6) is -0.560. The second kappa shape index (κ2) is 10.8. The van der Waals surface area contributed by atoms with Crippen LogP contribution < -0.4 is 9.47 Å². The predicted molar refractivity (Wildman–Crippen MR) is 100.0 cm³/mol. The maximum atomic E-state index is 13.6. The van der Waals surface area contributed by atoms with E-state index in [0.29, 0.717) is 13.0 Å². The number of hydrogen-bond acceptors (Lipinski definition) is 3. The highest BCUT2D eigenvalue weighted by molar-refractivity contribution is 5.91. The molecule has 152 valence electrons. The summed E-state index contributed by atoms with van der Waals surface area (Å²) in [7, 11) is 3.13. The molecular weight excluding hydrogens is 359 g/mol. The summed E-state index contributed by atoms with van der Waals surface area (Å²) >= 11 is 0. The summed E-state index contributed by atoms with van der Waals surface area (Å²) in [4.78, 5) is 13.0. The monoisotopic (exact) mass is 387 g/mol. The number of carbonyl (C=O) groups excluding carboxylic acids is 1. The van der Waals surface area contributed by atoms with Gasteiger partial charge < -0.3 is 14.4 Å². The summed E-state index contributed by atoms with van der Waals surface area (Å²) < 4.78 is 51.8. The molecule has 1 rings (SSSR count). The van der Waals surface area contributed by atoms with Crippen molar-refractivity contribution in [1.82, 2.24) is 4.90 Å². The number of amides is 1. The molecule has 0 atom stereocenters. The minimum absolute atomic E-state index is 0.0475. The first-order chi connectivity index (χ1) is 12.7. The van der Waals surface area contributed by atoms with E-state index in [1.165, 1.54) is 23.1 Å². The zero-order chi connectivity index (χ0) is 20.4. The molecule has 7 heteroatoms. The zero-order valence-corrected chi connectivity index (χ0v) is 16.4. The molecule has 0 radical (unpaired) electrons. The maximum Gasteiger partial charge on any atom is 0.420 e. The Morgan fingerprint density at radius 2 is 1.67 bits per heavy atom. The van der Waals surface area contributed by atoms with Gasteiger partial charge in [0.1, 0.15) is 5.56 Å². The number of alkyl halides is 3. The van der Waals surface area contributed by atoms with Crippen LogP contribution in [0.15, 0.2) is 18.2 Å². The second-order valence-corrected chi connectivity index (χ2v) is 6.36. The number of nitrogens with zero attached hydrogens (tertiary/aromatic N) is 1. The first kappa shape index (κ1) is 22.9. The van der Waals surface area contributed by atoms with Gasteiger partial charge in [0.2, 0.25) is 5.91 Å². The number of unbranched alkanes of at least 4 members (excludes halogenated alkanes) is 2. The van der Waals surface area contributed by atoms with Gasteiger partial charge in [0.25, 0.3) is 0 Å². The quantitative estimate of drug-likeness (QED) is 0.411. The van der Waals surface area contributed by atoms with Crippen LogP contribution in [0.2, 0.25) is 0 Å². The summed E-state index contributed by atoms with van der Waals surface area (Å²) in [6, 6.07) is 2.46. The summed E-state index contributed by atoms with van der Waals surface area (Å²) in [5.41, 5.74) is -0.670. The van der Waals surface area contributed by atoms with Crippen LogP contribution in [0.3, 0.4) is 0 Å². The van der Waals surface area contributed by atoms with Crippen LogP contribution in [0.4, 0.5) is 13.2 Å². The molecule has 0 N–H and O–H groups in total. The number of ether oxygens (including phenoxy) is 2. The van der Waals surface area contributed by atoms with Gasteiger partial charge in [-0.1, -0.05) is 26.7 Å². The van der Waals surface area contributed by atoms with E-state index in [2.05, 4.69) is 0 Å². The minimum atomic E-state index is -4.60. The van der Waals surface area contributed by atoms with E-state index in [0.717, 1.165) is 25.3 Å². The molecule has 27 heavy (non-hydrogen) atoms. The molecule has 1 amide bonds. The van der Waals surface area contributed by atoms with E-state index in [9.17, 15) is 18.0 Å². The fourth-order valence-corrected chi connectivity index (χ4v) is 2.15. The van der Waals surface area contributed by atoms with Gasteiger partial charge in [-0.05, 0) is 36.6 Å². The van der Waals surface area contributed by atoms with E-state index >= 15 is 0 Å². The number of halogens is 3. The number of benzene rings is 1. The lowest BCUT2D eigenvalue weighted by Gasteiger charge is -2.19. The second-order valence-electron chi connectivity index (χ2n) is 6.36. The predicted octanol–water partition coefficient (Wildman–Crippen LogP) is 5.16. The fraction of sp³-hybridized carbons (Fsp3) is 0.550. The van der Waals surface area contributed by atoms with E-state index in [4.69, 9.17) is 9.47 Å². The average molecular weight is 387 g/mol. The van der Waals surface area contributed by atoms with Crippen molar-refractivity contribution in [1.29, 1.82) is 0 Å². The van der Waals surface area contributed by atoms with E-state index in [-0.39, 0.29) is 29.6 Å². The largest absolute Gasteiger partial charge is 0.490 e. The van der Waals surface area contributed by atoms with E-state index in [1.54, 1.807) is 14.1 Å². The summed E-state index contributed by atoms with van der Waals surface area (Å²) in [6.45, 7) is 4.37. The van der Waals surface area contributed by atoms with Gasteiger partial charge in [0, 0.05) is 20.2 Å². The third-order valence-electron chi connectivity index (χ3n) is 3.74. The van der Waals surface area contributed by atoms with Crippen molar-refractivity contribution in [2.75, 3.05) is 27.3 Å². The van der Waals surface area contributed by atoms with Gasteiger partial charge in [0.05, 0.1) is 13.2 Å². The smallest absolute Gasteiger partial charge is 0.420 e. The molecule has 0 aliphatic heterocycles. The standard InChI is InChI=1S/C20H28F3NO3/c1-5-7-11-26-17-14-15(9-10-18(25)24(3)4)13-16(20(21,22)23)19(17)27-12-8-6-2/h9-10,13-14H,5-8,11-12H2,1-4H3/b10-9+. The summed E-state index contributed by atoms with van der Waals surface area (Å²) in [5, 5.41) is 0. The summed E-state index contributed by atoms with van der Waals surface area (Å²) in [6.07, 6.45) is 0.998. The van der Waals surface area contributed by atoms with Crippen LogP contribution in [0.25, 0.3) is 6.08 Å². The Labute approximate surface area is 158 Å². The van der Waals surface area contributed by atoms with Crippen molar-refractivity contribution in [3.05, 3.63) is 29.3 Å².